The first kappa shape index (κ1) is 14.6. The molecule has 1 aliphatic rings. The summed E-state index contributed by atoms with van der Waals surface area (Å²) in [5.74, 6) is 0. The van der Waals surface area contributed by atoms with E-state index in [1.807, 2.05) is 6.92 Å². The largest absolute Gasteiger partial charge is 0.449 e. The van der Waals surface area contributed by atoms with Crippen LogP contribution in [0.3, 0.4) is 0 Å². The number of carbonyl (C=O) groups excluding carboxylic acids is 1. The first-order chi connectivity index (χ1) is 9.61. The second kappa shape index (κ2) is 6.58. The predicted molar refractivity (Wildman–Crippen MR) is 73.0 cm³/mol. The van der Waals surface area contributed by atoms with Gasteiger partial charge in [0.25, 0.3) is 0 Å². The van der Waals surface area contributed by atoms with E-state index < -0.39 is 12.3 Å². The van der Waals surface area contributed by atoms with Crippen LogP contribution in [0, 0.1) is 0 Å². The summed E-state index contributed by atoms with van der Waals surface area (Å²) in [7, 11) is 0. The molecule has 2 N–H and O–H groups in total. The van der Waals surface area contributed by atoms with Crippen LogP contribution >= 0.6 is 0 Å². The summed E-state index contributed by atoms with van der Waals surface area (Å²) >= 11 is 0. The molecule has 0 aliphatic carbocycles. The second-order valence-corrected chi connectivity index (χ2v) is 5.04. The molecule has 20 heavy (non-hydrogen) atoms. The summed E-state index contributed by atoms with van der Waals surface area (Å²) in [4.78, 5) is 13.2. The van der Waals surface area contributed by atoms with E-state index in [0.29, 0.717) is 25.3 Å². The highest BCUT2D eigenvalue weighted by atomic mass is 19.1. The number of carbonyl (C=O) groups is 1. The van der Waals surface area contributed by atoms with Crippen molar-refractivity contribution >= 4 is 11.8 Å². The Labute approximate surface area is 117 Å². The lowest BCUT2D eigenvalue weighted by atomic mass is 10.0. The minimum absolute atomic E-state index is 0.0371. The Balaban J connectivity index is 1.87. The Morgan fingerprint density at radius 2 is 2.45 bits per heavy atom. The van der Waals surface area contributed by atoms with Crippen molar-refractivity contribution in [3.05, 3.63) is 12.4 Å². The molecule has 1 aliphatic heterocycles. The minimum atomic E-state index is -1.17. The van der Waals surface area contributed by atoms with Gasteiger partial charge in [0.1, 0.15) is 6.17 Å². The SMILES string of the molecule is CCCCOC(=O)N1CC[C@@H](n2cc(N)cn2)[C@H](F)C1. The summed E-state index contributed by atoms with van der Waals surface area (Å²) in [6.45, 7) is 2.92. The maximum Gasteiger partial charge on any atom is 0.409 e. The van der Waals surface area contributed by atoms with Gasteiger partial charge in [0.2, 0.25) is 0 Å². The second-order valence-electron chi connectivity index (χ2n) is 5.04. The molecule has 7 heteroatoms. The molecule has 0 unspecified atom stereocenters. The summed E-state index contributed by atoms with van der Waals surface area (Å²) in [5.41, 5.74) is 6.10. The fraction of sp³-hybridized carbons (Fsp3) is 0.692. The third kappa shape index (κ3) is 3.40. The monoisotopic (exact) mass is 284 g/mol. The number of ether oxygens (including phenoxy) is 1. The van der Waals surface area contributed by atoms with Crippen LogP contribution in [0.15, 0.2) is 12.4 Å². The minimum Gasteiger partial charge on any atom is -0.449 e. The standard InChI is InChI=1S/C13H21FN4O2/c1-2-3-6-20-13(19)17-5-4-12(11(14)9-17)18-8-10(15)7-16-18/h7-8,11-12H,2-6,9,15H2,1H3/t11-,12-/m1/s1. The molecule has 0 saturated carbocycles. The molecule has 1 amide bonds. The topological polar surface area (TPSA) is 73.4 Å². The van der Waals surface area contributed by atoms with Gasteiger partial charge >= 0.3 is 6.09 Å². The van der Waals surface area contributed by atoms with Crippen LogP contribution in [0.4, 0.5) is 14.9 Å². The van der Waals surface area contributed by atoms with Crippen LogP contribution < -0.4 is 5.73 Å². The Kier molecular flexibility index (Phi) is 4.81. The van der Waals surface area contributed by atoms with Crippen molar-refractivity contribution in [1.29, 1.82) is 0 Å². The van der Waals surface area contributed by atoms with E-state index in [1.54, 1.807) is 10.9 Å². The van der Waals surface area contributed by atoms with Gasteiger partial charge < -0.3 is 15.4 Å². The first-order valence-corrected chi connectivity index (χ1v) is 6.97. The fourth-order valence-electron chi connectivity index (χ4n) is 2.29. The van der Waals surface area contributed by atoms with Crippen LogP contribution in [0.2, 0.25) is 0 Å². The van der Waals surface area contributed by atoms with Gasteiger partial charge in [0.15, 0.2) is 0 Å². The van der Waals surface area contributed by atoms with Gasteiger partial charge in [0.05, 0.1) is 31.1 Å². The molecule has 0 spiro atoms. The molecule has 0 aromatic carbocycles. The predicted octanol–water partition coefficient (Wildman–Crippen LogP) is 1.99. The first-order valence-electron chi connectivity index (χ1n) is 6.97. The molecule has 1 fully saturated rings. The summed E-state index contributed by atoms with van der Waals surface area (Å²) in [5, 5.41) is 4.04. The molecule has 1 aromatic rings. The van der Waals surface area contributed by atoms with Gasteiger partial charge in [-0.15, -0.1) is 0 Å². The highest BCUT2D eigenvalue weighted by molar-refractivity contribution is 5.67. The highest BCUT2D eigenvalue weighted by Crippen LogP contribution is 2.26. The Morgan fingerprint density at radius 1 is 1.65 bits per heavy atom. The van der Waals surface area contributed by atoms with Crippen molar-refractivity contribution in [3.63, 3.8) is 0 Å². The average molecular weight is 284 g/mol. The molecule has 2 rings (SSSR count). The van der Waals surface area contributed by atoms with Gasteiger partial charge in [-0.05, 0) is 12.8 Å². The average Bonchev–Trinajstić information content (AvgIpc) is 2.85. The molecule has 112 valence electrons. The lowest BCUT2D eigenvalue weighted by Gasteiger charge is -2.34. The number of hydrogen-bond acceptors (Lipinski definition) is 4. The number of nitrogens with zero attached hydrogens (tertiary/aromatic N) is 3. The lowest BCUT2D eigenvalue weighted by Crippen LogP contribution is -2.46. The maximum atomic E-state index is 14.2. The van der Waals surface area contributed by atoms with Crippen LogP contribution in [0.25, 0.3) is 0 Å². The molecule has 6 nitrogen and oxygen atoms in total. The molecular formula is C13H21FN4O2. The number of likely N-dealkylation sites (tertiary alicyclic amines) is 1. The van der Waals surface area contributed by atoms with Crippen LogP contribution in [0.1, 0.15) is 32.2 Å². The Morgan fingerprint density at radius 3 is 3.05 bits per heavy atom. The van der Waals surface area contributed by atoms with Gasteiger partial charge in [-0.25, -0.2) is 9.18 Å². The number of aromatic nitrogens is 2. The van der Waals surface area contributed by atoms with Crippen LogP contribution in [-0.4, -0.2) is 46.6 Å². The fourth-order valence-corrected chi connectivity index (χ4v) is 2.29. The van der Waals surface area contributed by atoms with Gasteiger partial charge in [-0.1, -0.05) is 13.3 Å². The number of anilines is 1. The number of piperidine rings is 1. The van der Waals surface area contributed by atoms with E-state index in [9.17, 15) is 9.18 Å². The molecule has 1 aromatic heterocycles. The van der Waals surface area contributed by atoms with Crippen LogP contribution in [0.5, 0.6) is 0 Å². The zero-order valence-electron chi connectivity index (χ0n) is 11.7. The van der Waals surface area contributed by atoms with E-state index in [2.05, 4.69) is 5.10 Å². The molecule has 0 radical (unpaired) electrons. The Bertz CT molecular complexity index is 451. The molecule has 2 heterocycles. The van der Waals surface area contributed by atoms with E-state index >= 15 is 0 Å². The van der Waals surface area contributed by atoms with Crippen molar-refractivity contribution in [3.8, 4) is 0 Å². The van der Waals surface area contributed by atoms with E-state index in [0.717, 1.165) is 12.8 Å². The zero-order chi connectivity index (χ0) is 14.5. The van der Waals surface area contributed by atoms with Crippen molar-refractivity contribution in [2.45, 2.75) is 38.4 Å². The van der Waals surface area contributed by atoms with Crippen molar-refractivity contribution in [1.82, 2.24) is 14.7 Å². The van der Waals surface area contributed by atoms with Crippen molar-refractivity contribution in [2.75, 3.05) is 25.4 Å². The normalized spacial score (nSPS) is 22.8. The summed E-state index contributed by atoms with van der Waals surface area (Å²) in [6, 6.07) is -0.369. The van der Waals surface area contributed by atoms with Gasteiger partial charge in [-0.2, -0.15) is 5.10 Å². The Hall–Kier alpha value is -1.79. The van der Waals surface area contributed by atoms with Gasteiger partial charge in [-0.3, -0.25) is 4.68 Å². The highest BCUT2D eigenvalue weighted by Gasteiger charge is 2.33. The lowest BCUT2D eigenvalue weighted by molar-refractivity contribution is 0.0547. The zero-order valence-corrected chi connectivity index (χ0v) is 11.7. The third-order valence-corrected chi connectivity index (χ3v) is 3.45. The molecule has 0 bridgehead atoms. The van der Waals surface area contributed by atoms with Crippen LogP contribution in [-0.2, 0) is 4.74 Å². The van der Waals surface area contributed by atoms with E-state index in [1.165, 1.54) is 11.1 Å². The van der Waals surface area contributed by atoms with Crippen molar-refractivity contribution < 1.29 is 13.9 Å². The van der Waals surface area contributed by atoms with Gasteiger partial charge in [0, 0.05) is 12.7 Å². The van der Waals surface area contributed by atoms with E-state index in [-0.39, 0.29) is 12.6 Å². The quantitative estimate of drug-likeness (QED) is 0.858. The molecule has 1 saturated heterocycles. The number of hydrogen-bond donors (Lipinski definition) is 1. The summed E-state index contributed by atoms with van der Waals surface area (Å²) in [6.07, 6.45) is 3.81. The number of amides is 1. The molecular weight excluding hydrogens is 263 g/mol. The number of nitrogen functional groups attached to an aromatic ring is 1. The van der Waals surface area contributed by atoms with E-state index in [4.69, 9.17) is 10.5 Å². The smallest absolute Gasteiger partial charge is 0.409 e. The van der Waals surface area contributed by atoms with Crippen molar-refractivity contribution in [2.24, 2.45) is 0 Å². The summed E-state index contributed by atoms with van der Waals surface area (Å²) < 4.78 is 20.8. The number of unbranched alkanes of at least 4 members (excludes halogenated alkanes) is 1. The number of rotatable bonds is 4. The molecule has 2 atom stereocenters. The number of nitrogens with two attached hydrogens (primary N) is 1. The number of halogens is 1. The number of alkyl halides is 1. The maximum absolute atomic E-state index is 14.2. The third-order valence-electron chi connectivity index (χ3n) is 3.45.